The minimum Gasteiger partial charge on any atom is -0.336 e. The third-order valence-electron chi connectivity index (χ3n) is 4.64. The summed E-state index contributed by atoms with van der Waals surface area (Å²) >= 11 is 0. The maximum Gasteiger partial charge on any atom is 0.0533 e. The van der Waals surface area contributed by atoms with Gasteiger partial charge in [-0.15, -0.1) is 6.58 Å². The summed E-state index contributed by atoms with van der Waals surface area (Å²) in [7, 11) is 0. The van der Waals surface area contributed by atoms with Crippen molar-refractivity contribution in [1.82, 2.24) is 9.55 Å². The molecule has 0 amide bonds. The van der Waals surface area contributed by atoms with Gasteiger partial charge in [0.25, 0.3) is 0 Å². The molecule has 2 aromatic carbocycles. The topological polar surface area (TPSA) is 17.8 Å². The number of rotatable bonds is 2. The lowest BCUT2D eigenvalue weighted by molar-refractivity contribution is 0.898. The largest absolute Gasteiger partial charge is 0.336 e. The van der Waals surface area contributed by atoms with Crippen molar-refractivity contribution >= 4 is 32.6 Å². The summed E-state index contributed by atoms with van der Waals surface area (Å²) in [5, 5.41) is 5.20. The Bertz CT molecular complexity index is 1040. The van der Waals surface area contributed by atoms with Gasteiger partial charge in [-0.25, -0.2) is 0 Å². The number of fused-ring (bicyclic) bond motifs is 4. The number of hydrogen-bond donors (Lipinski definition) is 0. The van der Waals surface area contributed by atoms with Crippen LogP contribution >= 0.6 is 0 Å². The molecule has 0 atom stereocenters. The van der Waals surface area contributed by atoms with E-state index in [0.717, 1.165) is 6.54 Å². The molecule has 0 aliphatic heterocycles. The first-order chi connectivity index (χ1) is 10.7. The SMILES string of the molecule is C=CCn1c2ccccc2c2c(C)c3ccncc3c(C)c21. The third kappa shape index (κ3) is 1.58. The van der Waals surface area contributed by atoms with Crippen LogP contribution in [0.4, 0.5) is 0 Å². The van der Waals surface area contributed by atoms with Gasteiger partial charge in [0.05, 0.1) is 5.52 Å². The van der Waals surface area contributed by atoms with Crippen molar-refractivity contribution in [2.45, 2.75) is 20.4 Å². The van der Waals surface area contributed by atoms with Crippen LogP contribution in [0.5, 0.6) is 0 Å². The molecule has 0 bridgehead atoms. The van der Waals surface area contributed by atoms with E-state index in [1.807, 2.05) is 18.5 Å². The van der Waals surface area contributed by atoms with Crippen LogP contribution in [0.15, 0.2) is 55.4 Å². The Labute approximate surface area is 129 Å². The van der Waals surface area contributed by atoms with Gasteiger partial charge in [-0.2, -0.15) is 0 Å². The molecule has 2 heteroatoms. The van der Waals surface area contributed by atoms with Gasteiger partial charge in [-0.3, -0.25) is 4.98 Å². The summed E-state index contributed by atoms with van der Waals surface area (Å²) < 4.78 is 2.37. The van der Waals surface area contributed by atoms with E-state index in [2.05, 4.69) is 60.3 Å². The molecule has 0 aliphatic rings. The van der Waals surface area contributed by atoms with Crippen molar-refractivity contribution in [3.8, 4) is 0 Å². The van der Waals surface area contributed by atoms with E-state index < -0.39 is 0 Å². The first-order valence-corrected chi connectivity index (χ1v) is 7.58. The van der Waals surface area contributed by atoms with E-state index in [9.17, 15) is 0 Å². The smallest absolute Gasteiger partial charge is 0.0533 e. The Hall–Kier alpha value is -2.61. The lowest BCUT2D eigenvalue weighted by Gasteiger charge is -2.11. The van der Waals surface area contributed by atoms with Crippen LogP contribution in [-0.2, 0) is 6.54 Å². The van der Waals surface area contributed by atoms with Gasteiger partial charge in [0.2, 0.25) is 0 Å². The number of para-hydroxylation sites is 1. The normalized spacial score (nSPS) is 11.5. The summed E-state index contributed by atoms with van der Waals surface area (Å²) in [6.45, 7) is 9.16. The van der Waals surface area contributed by atoms with Crippen LogP contribution in [0.25, 0.3) is 32.6 Å². The van der Waals surface area contributed by atoms with Gasteiger partial charge in [0.15, 0.2) is 0 Å². The fourth-order valence-corrected chi connectivity index (χ4v) is 3.67. The number of benzene rings is 2. The third-order valence-corrected chi connectivity index (χ3v) is 4.64. The standard InChI is InChI=1S/C20H18N2/c1-4-11-22-18-8-6-5-7-16(18)19-13(2)15-9-10-21-12-17(15)14(3)20(19)22/h4-10,12H,1,11H2,2-3H3. The predicted octanol–water partition coefficient (Wildman–Crippen LogP) is 5.15. The number of aromatic nitrogens is 2. The van der Waals surface area contributed by atoms with E-state index in [4.69, 9.17) is 0 Å². The Morgan fingerprint density at radius 2 is 1.86 bits per heavy atom. The highest BCUT2D eigenvalue weighted by Crippen LogP contribution is 2.38. The molecule has 0 unspecified atom stereocenters. The Balaban J connectivity index is 2.37. The molecular formula is C20H18N2. The highest BCUT2D eigenvalue weighted by molar-refractivity contribution is 6.16. The molecule has 0 N–H and O–H groups in total. The summed E-state index contributed by atoms with van der Waals surface area (Å²) in [5.41, 5.74) is 5.20. The van der Waals surface area contributed by atoms with E-state index in [-0.39, 0.29) is 0 Å². The molecule has 0 saturated carbocycles. The average Bonchev–Trinajstić information content (AvgIpc) is 2.88. The van der Waals surface area contributed by atoms with Gasteiger partial charge in [0, 0.05) is 40.6 Å². The molecular weight excluding hydrogens is 268 g/mol. The highest BCUT2D eigenvalue weighted by atomic mass is 15.0. The molecule has 2 aromatic heterocycles. The van der Waals surface area contributed by atoms with E-state index >= 15 is 0 Å². The molecule has 4 rings (SSSR count). The zero-order chi connectivity index (χ0) is 15.3. The first kappa shape index (κ1) is 13.1. The summed E-state index contributed by atoms with van der Waals surface area (Å²) in [6, 6.07) is 10.8. The lowest BCUT2D eigenvalue weighted by Crippen LogP contribution is -1.97. The van der Waals surface area contributed by atoms with Gasteiger partial charge in [0.1, 0.15) is 0 Å². The van der Waals surface area contributed by atoms with E-state index in [1.54, 1.807) is 0 Å². The fourth-order valence-electron chi connectivity index (χ4n) is 3.67. The van der Waals surface area contributed by atoms with Crippen molar-refractivity contribution in [3.05, 3.63) is 66.5 Å². The molecule has 0 radical (unpaired) electrons. The zero-order valence-electron chi connectivity index (χ0n) is 12.9. The Morgan fingerprint density at radius 3 is 2.68 bits per heavy atom. The molecule has 0 saturated heterocycles. The van der Waals surface area contributed by atoms with Crippen molar-refractivity contribution in [1.29, 1.82) is 0 Å². The van der Waals surface area contributed by atoms with Crippen molar-refractivity contribution in [3.63, 3.8) is 0 Å². The number of hydrogen-bond acceptors (Lipinski definition) is 1. The van der Waals surface area contributed by atoms with Gasteiger partial charge in [-0.05, 0) is 42.5 Å². The molecule has 0 spiro atoms. The molecule has 2 heterocycles. The maximum atomic E-state index is 4.32. The van der Waals surface area contributed by atoms with Gasteiger partial charge >= 0.3 is 0 Å². The Kier molecular flexibility index (Phi) is 2.80. The van der Waals surface area contributed by atoms with Crippen LogP contribution in [0.3, 0.4) is 0 Å². The minimum atomic E-state index is 0.816. The number of aryl methyl sites for hydroxylation is 2. The Morgan fingerprint density at radius 1 is 1.05 bits per heavy atom. The maximum absolute atomic E-state index is 4.32. The molecule has 22 heavy (non-hydrogen) atoms. The first-order valence-electron chi connectivity index (χ1n) is 7.58. The summed E-state index contributed by atoms with van der Waals surface area (Å²) in [6.07, 6.45) is 5.82. The highest BCUT2D eigenvalue weighted by Gasteiger charge is 2.17. The predicted molar refractivity (Wildman–Crippen MR) is 94.4 cm³/mol. The number of pyridine rings is 1. The molecule has 4 aromatic rings. The fraction of sp³-hybridized carbons (Fsp3) is 0.150. The summed E-state index contributed by atoms with van der Waals surface area (Å²) in [5.74, 6) is 0. The second-order valence-corrected chi connectivity index (χ2v) is 5.81. The monoisotopic (exact) mass is 286 g/mol. The number of allylic oxidation sites excluding steroid dienone is 1. The van der Waals surface area contributed by atoms with Crippen LogP contribution in [0.1, 0.15) is 11.1 Å². The average molecular weight is 286 g/mol. The molecule has 0 aliphatic carbocycles. The van der Waals surface area contributed by atoms with Crippen LogP contribution in [0.2, 0.25) is 0 Å². The molecule has 2 nitrogen and oxygen atoms in total. The van der Waals surface area contributed by atoms with Crippen LogP contribution in [-0.4, -0.2) is 9.55 Å². The minimum absolute atomic E-state index is 0.816. The van der Waals surface area contributed by atoms with Crippen molar-refractivity contribution in [2.24, 2.45) is 0 Å². The second-order valence-electron chi connectivity index (χ2n) is 5.81. The van der Waals surface area contributed by atoms with Crippen LogP contribution < -0.4 is 0 Å². The lowest BCUT2D eigenvalue weighted by atomic mass is 9.97. The molecule has 0 fully saturated rings. The van der Waals surface area contributed by atoms with E-state index in [0.29, 0.717) is 0 Å². The molecule has 108 valence electrons. The summed E-state index contributed by atoms with van der Waals surface area (Å²) in [4.78, 5) is 4.32. The van der Waals surface area contributed by atoms with Crippen LogP contribution in [0, 0.1) is 13.8 Å². The zero-order valence-corrected chi connectivity index (χ0v) is 12.9. The number of nitrogens with zero attached hydrogens (tertiary/aromatic N) is 2. The van der Waals surface area contributed by atoms with Crippen molar-refractivity contribution in [2.75, 3.05) is 0 Å². The van der Waals surface area contributed by atoms with Gasteiger partial charge in [-0.1, -0.05) is 24.3 Å². The van der Waals surface area contributed by atoms with E-state index in [1.165, 1.54) is 43.7 Å². The van der Waals surface area contributed by atoms with Crippen molar-refractivity contribution < 1.29 is 0 Å². The quantitative estimate of drug-likeness (QED) is 0.466. The van der Waals surface area contributed by atoms with Gasteiger partial charge < -0.3 is 4.57 Å². The second kappa shape index (κ2) is 4.70.